The lowest BCUT2D eigenvalue weighted by Crippen LogP contribution is -2.65. The Labute approximate surface area is 284 Å². The maximum atomic E-state index is 13.8. The van der Waals surface area contributed by atoms with Gasteiger partial charge in [0.25, 0.3) is 5.91 Å². The van der Waals surface area contributed by atoms with Gasteiger partial charge in [0.05, 0.1) is 18.1 Å². The average Bonchev–Trinajstić information content (AvgIpc) is 3.32. The lowest BCUT2D eigenvalue weighted by molar-refractivity contribution is -0.163. The van der Waals surface area contributed by atoms with E-state index in [1.165, 1.54) is 6.08 Å². The van der Waals surface area contributed by atoms with Crippen LogP contribution in [0.25, 0.3) is 0 Å². The number of esters is 1. The van der Waals surface area contributed by atoms with Gasteiger partial charge in [-0.2, -0.15) is 0 Å². The molecule has 3 amide bonds. The number of carbonyl (C=O) groups excluding carboxylic acids is 4. The van der Waals surface area contributed by atoms with Crippen LogP contribution in [-0.4, -0.2) is 91.6 Å². The van der Waals surface area contributed by atoms with Crippen LogP contribution in [0.1, 0.15) is 57.3 Å². The fourth-order valence-electron chi connectivity index (χ4n) is 7.23. The molecule has 5 rings (SSSR count). The first-order valence-corrected chi connectivity index (χ1v) is 20.0. The molecule has 4 aliphatic rings. The van der Waals surface area contributed by atoms with Gasteiger partial charge in [-0.15, -0.1) is 0 Å². The summed E-state index contributed by atoms with van der Waals surface area (Å²) in [7, 11) is -2.14. The van der Waals surface area contributed by atoms with Crippen molar-refractivity contribution in [2.75, 3.05) is 32.8 Å². The fraction of sp³-hybridized carbons (Fsp3) is 0.556. The van der Waals surface area contributed by atoms with Crippen LogP contribution in [0, 0.1) is 17.8 Å². The SMILES string of the molecule is C=CCOC(=O)C1=C2[C@@H](/C=C/C(=O)N3CCN(C(=O)c4ccc(Cl)cc4)CC3)CCC[C@@H]2[C@@H]2[C@@H]([C@@H](C)O[Si](C)(C)C(C)(C)C)C(=O)N12. The minimum atomic E-state index is -2.14. The standard InChI is InChI=1S/C36H48ClN3O6Si/c1-8-22-45-35(44)32-30-24(14-17-28(41)38-18-20-39(21-19-38)33(42)25-12-15-26(37)16-13-25)10-9-11-27(30)31-29(34(43)40(31)32)23(2)46-47(6,7)36(3,4)5/h8,12-17,23-24,27,29,31H,1,9-11,18-22H2,2-7H3/b17-14+/t23-,24-,27+,29-,31-/m1/s1. The van der Waals surface area contributed by atoms with Crippen LogP contribution in [0.2, 0.25) is 23.2 Å². The van der Waals surface area contributed by atoms with E-state index >= 15 is 0 Å². The van der Waals surface area contributed by atoms with Crippen molar-refractivity contribution in [3.05, 3.63) is 70.9 Å². The van der Waals surface area contributed by atoms with Crippen molar-refractivity contribution >= 4 is 43.6 Å². The van der Waals surface area contributed by atoms with Crippen LogP contribution in [-0.2, 0) is 23.5 Å². The zero-order chi connectivity index (χ0) is 34.3. The largest absolute Gasteiger partial charge is 0.457 e. The number of ether oxygens (including phenoxy) is 1. The molecule has 0 N–H and O–H groups in total. The highest BCUT2D eigenvalue weighted by Gasteiger charge is 2.63. The van der Waals surface area contributed by atoms with Gasteiger partial charge in [-0.3, -0.25) is 14.4 Å². The normalized spacial score (nSPS) is 25.3. The number of piperazine rings is 1. The molecule has 0 radical (unpaired) electrons. The highest BCUT2D eigenvalue weighted by molar-refractivity contribution is 6.74. The molecule has 3 fully saturated rings. The third-order valence-electron chi connectivity index (χ3n) is 10.7. The molecular weight excluding hydrogens is 634 g/mol. The van der Waals surface area contributed by atoms with Gasteiger partial charge < -0.3 is 23.9 Å². The van der Waals surface area contributed by atoms with Crippen LogP contribution < -0.4 is 0 Å². The number of β-lactam (4-membered cyclic amide) rings is 1. The number of amides is 3. The number of hydrogen-bond donors (Lipinski definition) is 0. The molecule has 1 saturated carbocycles. The summed E-state index contributed by atoms with van der Waals surface area (Å²) in [6.07, 6.45) is 7.28. The van der Waals surface area contributed by atoms with Crippen molar-refractivity contribution < 1.29 is 28.3 Å². The summed E-state index contributed by atoms with van der Waals surface area (Å²) in [5, 5.41) is 0.571. The lowest BCUT2D eigenvalue weighted by Gasteiger charge is -2.51. The van der Waals surface area contributed by atoms with E-state index in [0.717, 1.165) is 24.8 Å². The summed E-state index contributed by atoms with van der Waals surface area (Å²) >= 11 is 5.97. The Morgan fingerprint density at radius 3 is 2.32 bits per heavy atom. The molecule has 1 aromatic carbocycles. The van der Waals surface area contributed by atoms with Gasteiger partial charge in [-0.1, -0.05) is 57.5 Å². The summed E-state index contributed by atoms with van der Waals surface area (Å²) in [5.74, 6) is -1.35. The Kier molecular flexibility index (Phi) is 10.2. The van der Waals surface area contributed by atoms with E-state index in [1.807, 2.05) is 13.0 Å². The number of nitrogens with zero attached hydrogens (tertiary/aromatic N) is 3. The average molecular weight is 682 g/mol. The van der Waals surface area contributed by atoms with Crippen LogP contribution in [0.4, 0.5) is 0 Å². The van der Waals surface area contributed by atoms with E-state index < -0.39 is 14.3 Å². The third kappa shape index (κ3) is 6.87. The Balaban J connectivity index is 1.31. The molecule has 3 aliphatic heterocycles. The minimum Gasteiger partial charge on any atom is -0.457 e. The number of carbonyl (C=O) groups is 4. The van der Waals surface area contributed by atoms with Crippen molar-refractivity contribution in [1.29, 1.82) is 0 Å². The van der Waals surface area contributed by atoms with Crippen LogP contribution in [0.15, 0.2) is 60.3 Å². The molecule has 0 aromatic heterocycles. The van der Waals surface area contributed by atoms with Gasteiger partial charge in [-0.25, -0.2) is 4.79 Å². The number of rotatable bonds is 9. The Morgan fingerprint density at radius 1 is 1.06 bits per heavy atom. The zero-order valence-corrected chi connectivity index (χ0v) is 30.2. The van der Waals surface area contributed by atoms with Gasteiger partial charge in [0, 0.05) is 48.6 Å². The number of fused-ring (bicyclic) bond motifs is 3. The summed E-state index contributed by atoms with van der Waals surface area (Å²) in [6.45, 7) is 18.4. The summed E-state index contributed by atoms with van der Waals surface area (Å²) in [6, 6.07) is 6.65. The van der Waals surface area contributed by atoms with Crippen LogP contribution in [0.3, 0.4) is 0 Å². The van der Waals surface area contributed by atoms with E-state index in [-0.39, 0.29) is 59.3 Å². The highest BCUT2D eigenvalue weighted by atomic mass is 35.5. The van der Waals surface area contributed by atoms with Crippen molar-refractivity contribution in [3.63, 3.8) is 0 Å². The minimum absolute atomic E-state index is 0.00137. The molecule has 1 aliphatic carbocycles. The van der Waals surface area contributed by atoms with E-state index in [0.29, 0.717) is 42.5 Å². The van der Waals surface area contributed by atoms with Gasteiger partial charge in [0.2, 0.25) is 11.8 Å². The third-order valence-corrected chi connectivity index (χ3v) is 15.5. The van der Waals surface area contributed by atoms with Gasteiger partial charge >= 0.3 is 5.97 Å². The summed E-state index contributed by atoms with van der Waals surface area (Å²) < 4.78 is 12.2. The molecule has 254 valence electrons. The molecule has 3 heterocycles. The van der Waals surface area contributed by atoms with Crippen molar-refractivity contribution in [2.24, 2.45) is 17.8 Å². The predicted octanol–water partition coefficient (Wildman–Crippen LogP) is 5.83. The lowest BCUT2D eigenvalue weighted by atomic mass is 9.69. The number of hydrogen-bond acceptors (Lipinski definition) is 6. The first kappa shape index (κ1) is 35.1. The quantitative estimate of drug-likeness (QED) is 0.107. The van der Waals surface area contributed by atoms with E-state index in [4.69, 9.17) is 20.8 Å². The molecule has 5 atom stereocenters. The molecule has 2 saturated heterocycles. The Morgan fingerprint density at radius 2 is 1.70 bits per heavy atom. The Bertz CT molecular complexity index is 1470. The fourth-order valence-corrected chi connectivity index (χ4v) is 8.79. The van der Waals surface area contributed by atoms with E-state index in [1.54, 1.807) is 45.0 Å². The van der Waals surface area contributed by atoms with E-state index in [2.05, 4.69) is 40.4 Å². The summed E-state index contributed by atoms with van der Waals surface area (Å²) in [5.41, 5.74) is 1.80. The smallest absolute Gasteiger partial charge is 0.355 e. The number of benzene rings is 1. The molecule has 11 heteroatoms. The van der Waals surface area contributed by atoms with Crippen LogP contribution >= 0.6 is 11.6 Å². The molecule has 1 aromatic rings. The number of allylic oxidation sites excluding steroid dienone is 1. The van der Waals surface area contributed by atoms with Crippen molar-refractivity contribution in [2.45, 2.75) is 77.2 Å². The van der Waals surface area contributed by atoms with Gasteiger partial charge in [0.1, 0.15) is 12.3 Å². The molecule has 47 heavy (non-hydrogen) atoms. The molecule has 9 nitrogen and oxygen atoms in total. The zero-order valence-electron chi connectivity index (χ0n) is 28.5. The van der Waals surface area contributed by atoms with Crippen molar-refractivity contribution in [1.82, 2.24) is 14.7 Å². The van der Waals surface area contributed by atoms with Crippen molar-refractivity contribution in [3.8, 4) is 0 Å². The molecular formula is C36H48ClN3O6Si. The maximum Gasteiger partial charge on any atom is 0.355 e. The van der Waals surface area contributed by atoms with E-state index in [9.17, 15) is 19.2 Å². The van der Waals surface area contributed by atoms with Crippen LogP contribution in [0.5, 0.6) is 0 Å². The second-order valence-corrected chi connectivity index (χ2v) is 19.8. The first-order valence-electron chi connectivity index (χ1n) is 16.7. The molecule has 0 spiro atoms. The first-order chi connectivity index (χ1) is 22.2. The molecule has 0 bridgehead atoms. The Hall–Kier alpha value is -3.21. The van der Waals surface area contributed by atoms with Gasteiger partial charge in [0.15, 0.2) is 8.32 Å². The molecule has 0 unspecified atom stereocenters. The maximum absolute atomic E-state index is 13.8. The highest BCUT2D eigenvalue weighted by Crippen LogP contribution is 2.55. The predicted molar refractivity (Wildman–Crippen MR) is 184 cm³/mol. The number of halogens is 1. The topological polar surface area (TPSA) is 96.5 Å². The van der Waals surface area contributed by atoms with Gasteiger partial charge in [-0.05, 0) is 73.8 Å². The monoisotopic (exact) mass is 681 g/mol. The second-order valence-electron chi connectivity index (χ2n) is 14.6. The second kappa shape index (κ2) is 13.7. The summed E-state index contributed by atoms with van der Waals surface area (Å²) in [4.78, 5) is 58.7.